The molecular weight excluding hydrogens is 291 g/mol. The van der Waals surface area contributed by atoms with E-state index in [2.05, 4.69) is 16.7 Å². The van der Waals surface area contributed by atoms with Crippen LogP contribution in [0.5, 0.6) is 0 Å². The lowest BCUT2D eigenvalue weighted by molar-refractivity contribution is -0.0554. The predicted molar refractivity (Wildman–Crippen MR) is 64.4 cm³/mol. The summed E-state index contributed by atoms with van der Waals surface area (Å²) in [5, 5.41) is 11.7. The molecule has 0 unspecified atom stereocenters. The van der Waals surface area contributed by atoms with Gasteiger partial charge in [-0.2, -0.15) is 18.3 Å². The van der Waals surface area contributed by atoms with Gasteiger partial charge in [-0.3, -0.25) is 4.68 Å². The lowest BCUT2D eigenvalue weighted by Crippen LogP contribution is -2.20. The summed E-state index contributed by atoms with van der Waals surface area (Å²) in [6, 6.07) is 0. The van der Waals surface area contributed by atoms with Crippen molar-refractivity contribution in [2.75, 3.05) is 0 Å². The number of aliphatic hydroxyl groups is 1. The summed E-state index contributed by atoms with van der Waals surface area (Å²) in [5.41, 5.74) is 0.353. The van der Waals surface area contributed by atoms with Gasteiger partial charge in [0.15, 0.2) is 10.2 Å². The van der Waals surface area contributed by atoms with E-state index in [1.165, 1.54) is 10.9 Å². The number of aromatic nitrogens is 2. The van der Waals surface area contributed by atoms with Crippen molar-refractivity contribution in [3.8, 4) is 0 Å². The molecule has 0 aliphatic carbocycles. The Bertz CT molecular complexity index is 458. The highest BCUT2D eigenvalue weighted by atomic mass is 35.5. The first kappa shape index (κ1) is 15.1. The number of alkyl halides is 3. The molecule has 1 aromatic heterocycles. The number of hydrogen-bond acceptors (Lipinski definition) is 4. The standard InChI is InChI=1S/C9H9ClF3N3OS/c1-2-14-8(9(11,12)13)18-5-16-3-6(4-17)7(10)15-16/h2-3,17H,1,4-5H2. The number of rotatable bonds is 4. The molecule has 0 saturated heterocycles. The molecule has 0 bridgehead atoms. The lowest BCUT2D eigenvalue weighted by Gasteiger charge is -2.08. The fourth-order valence-corrected chi connectivity index (χ4v) is 1.92. The predicted octanol–water partition coefficient (Wildman–Crippen LogP) is 2.82. The Morgan fingerprint density at radius 1 is 1.67 bits per heavy atom. The van der Waals surface area contributed by atoms with E-state index in [-0.39, 0.29) is 17.6 Å². The number of aliphatic imine (C=N–C) groups is 1. The first-order valence-corrected chi connectivity index (χ1v) is 5.96. The highest BCUT2D eigenvalue weighted by Gasteiger charge is 2.36. The molecule has 0 fully saturated rings. The summed E-state index contributed by atoms with van der Waals surface area (Å²) in [6.45, 7) is 2.80. The maximum atomic E-state index is 12.5. The zero-order valence-electron chi connectivity index (χ0n) is 8.98. The molecule has 0 aromatic carbocycles. The van der Waals surface area contributed by atoms with Crippen molar-refractivity contribution < 1.29 is 18.3 Å². The van der Waals surface area contributed by atoms with E-state index in [0.717, 1.165) is 6.20 Å². The molecule has 0 atom stereocenters. The van der Waals surface area contributed by atoms with Gasteiger partial charge in [0.05, 0.1) is 12.5 Å². The molecule has 9 heteroatoms. The summed E-state index contributed by atoms with van der Waals surface area (Å²) >= 11 is 6.09. The second kappa shape index (κ2) is 6.26. The Morgan fingerprint density at radius 2 is 2.33 bits per heavy atom. The van der Waals surface area contributed by atoms with Crippen LogP contribution in [-0.2, 0) is 12.5 Å². The zero-order valence-corrected chi connectivity index (χ0v) is 10.6. The minimum absolute atomic E-state index is 0.0623. The van der Waals surface area contributed by atoms with Gasteiger partial charge in [-0.25, -0.2) is 4.99 Å². The second-order valence-corrected chi connectivity index (χ2v) is 4.32. The van der Waals surface area contributed by atoms with E-state index in [1.807, 2.05) is 0 Å². The third-order valence-corrected chi connectivity index (χ3v) is 3.06. The molecule has 0 radical (unpaired) electrons. The summed E-state index contributed by atoms with van der Waals surface area (Å²) in [5.74, 6) is -0.119. The number of aliphatic hydroxyl groups excluding tert-OH is 1. The van der Waals surface area contributed by atoms with Crippen molar-refractivity contribution in [1.82, 2.24) is 9.78 Å². The number of nitrogens with zero attached hydrogens (tertiary/aromatic N) is 3. The van der Waals surface area contributed by atoms with Crippen LogP contribution in [0.4, 0.5) is 13.2 Å². The highest BCUT2D eigenvalue weighted by molar-refractivity contribution is 8.13. The first-order chi connectivity index (χ1) is 8.38. The van der Waals surface area contributed by atoms with E-state index in [0.29, 0.717) is 17.3 Å². The Hall–Kier alpha value is -0.990. The molecular formula is C9H9ClF3N3OS. The maximum absolute atomic E-state index is 12.5. The van der Waals surface area contributed by atoms with Crippen molar-refractivity contribution in [3.63, 3.8) is 0 Å². The van der Waals surface area contributed by atoms with Gasteiger partial charge >= 0.3 is 6.18 Å². The van der Waals surface area contributed by atoms with Crippen LogP contribution in [-0.4, -0.2) is 26.1 Å². The average molecular weight is 300 g/mol. The molecule has 0 saturated carbocycles. The second-order valence-electron chi connectivity index (χ2n) is 3.03. The van der Waals surface area contributed by atoms with Crippen molar-refractivity contribution in [1.29, 1.82) is 0 Å². The van der Waals surface area contributed by atoms with Crippen LogP contribution in [0.3, 0.4) is 0 Å². The molecule has 100 valence electrons. The van der Waals surface area contributed by atoms with Gasteiger partial charge in [0, 0.05) is 18.0 Å². The van der Waals surface area contributed by atoms with Crippen LogP contribution in [0.15, 0.2) is 24.0 Å². The van der Waals surface area contributed by atoms with Gasteiger partial charge in [0.25, 0.3) is 0 Å². The van der Waals surface area contributed by atoms with Crippen molar-refractivity contribution in [2.24, 2.45) is 4.99 Å². The Morgan fingerprint density at radius 3 is 2.78 bits per heavy atom. The third-order valence-electron chi connectivity index (χ3n) is 1.74. The monoisotopic (exact) mass is 299 g/mol. The first-order valence-electron chi connectivity index (χ1n) is 4.60. The maximum Gasteiger partial charge on any atom is 0.439 e. The largest absolute Gasteiger partial charge is 0.439 e. The summed E-state index contributed by atoms with van der Waals surface area (Å²) < 4.78 is 38.6. The van der Waals surface area contributed by atoms with Crippen LogP contribution in [0.2, 0.25) is 5.15 Å². The normalized spacial score (nSPS) is 12.8. The summed E-state index contributed by atoms with van der Waals surface area (Å²) in [7, 11) is 0. The Labute approximate surface area is 110 Å². The molecule has 4 nitrogen and oxygen atoms in total. The molecule has 0 amide bonds. The molecule has 1 rings (SSSR count). The van der Waals surface area contributed by atoms with E-state index < -0.39 is 11.2 Å². The van der Waals surface area contributed by atoms with Crippen LogP contribution in [0, 0.1) is 0 Å². The summed E-state index contributed by atoms with van der Waals surface area (Å²) in [6.07, 6.45) is -2.34. The van der Waals surface area contributed by atoms with Crippen LogP contribution < -0.4 is 0 Å². The van der Waals surface area contributed by atoms with Gasteiger partial charge < -0.3 is 5.11 Å². The Balaban J connectivity index is 2.73. The zero-order chi connectivity index (χ0) is 13.8. The molecule has 1 N–H and O–H groups in total. The third kappa shape index (κ3) is 4.04. The molecule has 0 spiro atoms. The van der Waals surface area contributed by atoms with Crippen molar-refractivity contribution >= 4 is 28.4 Å². The number of thioether (sulfide) groups is 1. The SMILES string of the molecule is C=CN=C(SCn1cc(CO)c(Cl)n1)C(F)(F)F. The smallest absolute Gasteiger partial charge is 0.392 e. The van der Waals surface area contributed by atoms with Gasteiger partial charge in [-0.05, 0) is 0 Å². The van der Waals surface area contributed by atoms with Gasteiger partial charge in [0.1, 0.15) is 0 Å². The molecule has 1 aromatic rings. The van der Waals surface area contributed by atoms with Gasteiger partial charge in [-0.1, -0.05) is 29.9 Å². The van der Waals surface area contributed by atoms with E-state index >= 15 is 0 Å². The van der Waals surface area contributed by atoms with Crippen LogP contribution in [0.25, 0.3) is 0 Å². The van der Waals surface area contributed by atoms with Crippen LogP contribution >= 0.6 is 23.4 Å². The minimum atomic E-state index is -4.53. The highest BCUT2D eigenvalue weighted by Crippen LogP contribution is 2.26. The molecule has 0 aliphatic heterocycles. The fraction of sp³-hybridized carbons (Fsp3) is 0.333. The van der Waals surface area contributed by atoms with E-state index in [1.54, 1.807) is 0 Å². The molecule has 1 heterocycles. The van der Waals surface area contributed by atoms with Crippen molar-refractivity contribution in [2.45, 2.75) is 18.7 Å². The fourth-order valence-electron chi connectivity index (χ4n) is 1.01. The summed E-state index contributed by atoms with van der Waals surface area (Å²) in [4.78, 5) is 3.15. The topological polar surface area (TPSA) is 50.4 Å². The van der Waals surface area contributed by atoms with Crippen LogP contribution in [0.1, 0.15) is 5.56 Å². The Kier molecular flexibility index (Phi) is 5.24. The minimum Gasteiger partial charge on any atom is -0.392 e. The van der Waals surface area contributed by atoms with E-state index in [4.69, 9.17) is 16.7 Å². The molecule has 0 aliphatic rings. The lowest BCUT2D eigenvalue weighted by atomic mass is 10.4. The molecule has 18 heavy (non-hydrogen) atoms. The van der Waals surface area contributed by atoms with Gasteiger partial charge in [-0.15, -0.1) is 0 Å². The average Bonchev–Trinajstić information content (AvgIpc) is 2.63. The van der Waals surface area contributed by atoms with E-state index in [9.17, 15) is 13.2 Å². The van der Waals surface area contributed by atoms with Crippen molar-refractivity contribution in [3.05, 3.63) is 29.7 Å². The quantitative estimate of drug-likeness (QED) is 0.687. The number of halogens is 4. The van der Waals surface area contributed by atoms with Gasteiger partial charge in [0.2, 0.25) is 0 Å². The number of hydrogen-bond donors (Lipinski definition) is 1.